The van der Waals surface area contributed by atoms with Gasteiger partial charge in [0.25, 0.3) is 5.56 Å². The molecule has 0 saturated heterocycles. The van der Waals surface area contributed by atoms with Gasteiger partial charge in [0, 0.05) is 17.1 Å². The van der Waals surface area contributed by atoms with Gasteiger partial charge < -0.3 is 4.74 Å². The zero-order chi connectivity index (χ0) is 17.2. The molecule has 0 saturated carbocycles. The maximum atomic E-state index is 12.3. The third-order valence-corrected chi connectivity index (χ3v) is 5.40. The van der Waals surface area contributed by atoms with Crippen molar-refractivity contribution >= 4 is 29.0 Å². The average molecular weight is 371 g/mol. The van der Waals surface area contributed by atoms with E-state index in [0.29, 0.717) is 29.3 Å². The normalized spacial score (nSPS) is 13.6. The Bertz CT molecular complexity index is 1080. The standard InChI is InChI=1S/C19H15ClN2O2S/c20-16-4-2-1-3-14(16)12-24-15-7-5-13(6-8-15)11-17-18(23)22-10-9-21-19(22)25-17/h1-8,11H,9-10,12H2/b17-11-. The Kier molecular flexibility index (Phi) is 4.42. The van der Waals surface area contributed by atoms with E-state index < -0.39 is 0 Å². The maximum Gasteiger partial charge on any atom is 0.270 e. The lowest BCUT2D eigenvalue weighted by atomic mass is 10.2. The van der Waals surface area contributed by atoms with Gasteiger partial charge in [0.05, 0.1) is 11.1 Å². The smallest absolute Gasteiger partial charge is 0.270 e. The van der Waals surface area contributed by atoms with E-state index in [1.54, 1.807) is 4.57 Å². The van der Waals surface area contributed by atoms with Crippen molar-refractivity contribution in [2.75, 3.05) is 6.54 Å². The number of rotatable bonds is 4. The first-order valence-electron chi connectivity index (χ1n) is 7.93. The molecule has 0 fully saturated rings. The van der Waals surface area contributed by atoms with Gasteiger partial charge in [-0.1, -0.05) is 53.3 Å². The maximum absolute atomic E-state index is 12.3. The molecule has 0 bridgehead atoms. The molecule has 0 aliphatic carbocycles. The van der Waals surface area contributed by atoms with Gasteiger partial charge in [-0.05, 0) is 29.8 Å². The van der Waals surface area contributed by atoms with Crippen molar-refractivity contribution in [3.63, 3.8) is 0 Å². The summed E-state index contributed by atoms with van der Waals surface area (Å²) < 4.78 is 8.22. The number of benzene rings is 2. The molecule has 4 rings (SSSR count). The topological polar surface area (TPSA) is 43.6 Å². The van der Waals surface area contributed by atoms with Gasteiger partial charge in [-0.3, -0.25) is 14.4 Å². The lowest BCUT2D eigenvalue weighted by molar-refractivity contribution is 0.306. The molecule has 6 heteroatoms. The minimum absolute atomic E-state index is 0.0419. The number of aromatic nitrogens is 1. The molecule has 0 N–H and O–H groups in total. The first-order chi connectivity index (χ1) is 12.2. The summed E-state index contributed by atoms with van der Waals surface area (Å²) in [5, 5.41) is 0.698. The predicted octanol–water partition coefficient (Wildman–Crippen LogP) is 2.60. The lowest BCUT2D eigenvalue weighted by Crippen LogP contribution is -2.29. The Morgan fingerprint density at radius 3 is 2.76 bits per heavy atom. The fraction of sp³-hybridized carbons (Fsp3) is 0.158. The van der Waals surface area contributed by atoms with Crippen molar-refractivity contribution in [2.45, 2.75) is 13.2 Å². The average Bonchev–Trinajstić information content (AvgIpc) is 3.19. The van der Waals surface area contributed by atoms with Crippen molar-refractivity contribution in [2.24, 2.45) is 4.99 Å². The van der Waals surface area contributed by atoms with Gasteiger partial charge >= 0.3 is 0 Å². The SMILES string of the molecule is O=c1/c(=C/c2ccc(OCc3ccccc3Cl)cc2)sc2n1CCN=2. The molecule has 1 aliphatic heterocycles. The third-order valence-electron chi connectivity index (χ3n) is 3.99. The highest BCUT2D eigenvalue weighted by molar-refractivity contribution is 7.07. The molecule has 0 unspecified atom stereocenters. The number of ether oxygens (including phenoxy) is 1. The fourth-order valence-electron chi connectivity index (χ4n) is 2.66. The van der Waals surface area contributed by atoms with E-state index in [0.717, 1.165) is 21.7 Å². The molecule has 1 aliphatic rings. The van der Waals surface area contributed by atoms with E-state index in [1.807, 2.05) is 54.6 Å². The van der Waals surface area contributed by atoms with Gasteiger partial charge in [-0.2, -0.15) is 0 Å². The monoisotopic (exact) mass is 370 g/mol. The predicted molar refractivity (Wildman–Crippen MR) is 100 cm³/mol. The van der Waals surface area contributed by atoms with Crippen LogP contribution >= 0.6 is 22.9 Å². The van der Waals surface area contributed by atoms with Crippen LogP contribution in [0.25, 0.3) is 6.08 Å². The van der Waals surface area contributed by atoms with Gasteiger partial charge in [-0.25, -0.2) is 0 Å². The van der Waals surface area contributed by atoms with Gasteiger partial charge in [0.2, 0.25) is 0 Å². The zero-order valence-electron chi connectivity index (χ0n) is 13.3. The number of fused-ring (bicyclic) bond motifs is 1. The van der Waals surface area contributed by atoms with Crippen molar-refractivity contribution in [1.29, 1.82) is 0 Å². The summed E-state index contributed by atoms with van der Waals surface area (Å²) in [4.78, 5) is 17.4. The van der Waals surface area contributed by atoms with E-state index in [9.17, 15) is 4.79 Å². The minimum Gasteiger partial charge on any atom is -0.489 e. The van der Waals surface area contributed by atoms with Crippen LogP contribution in [0.5, 0.6) is 5.75 Å². The summed E-state index contributed by atoms with van der Waals surface area (Å²) in [7, 11) is 0. The van der Waals surface area contributed by atoms with E-state index >= 15 is 0 Å². The first-order valence-corrected chi connectivity index (χ1v) is 9.12. The number of nitrogens with zero attached hydrogens (tertiary/aromatic N) is 2. The number of thiazole rings is 1. The van der Waals surface area contributed by atoms with Crippen molar-refractivity contribution < 1.29 is 4.74 Å². The molecule has 1 aromatic heterocycles. The van der Waals surface area contributed by atoms with Crippen LogP contribution in [0.3, 0.4) is 0 Å². The van der Waals surface area contributed by atoms with Crippen LogP contribution in [-0.4, -0.2) is 11.1 Å². The second kappa shape index (κ2) is 6.86. The van der Waals surface area contributed by atoms with Crippen LogP contribution in [0.15, 0.2) is 58.3 Å². The molecule has 0 spiro atoms. The van der Waals surface area contributed by atoms with Crippen LogP contribution in [0.2, 0.25) is 5.02 Å². The van der Waals surface area contributed by atoms with Crippen molar-refractivity contribution in [3.05, 3.63) is 84.4 Å². The number of hydrogen-bond donors (Lipinski definition) is 0. The first kappa shape index (κ1) is 16.1. The minimum atomic E-state index is 0.0419. The molecule has 0 atom stereocenters. The van der Waals surface area contributed by atoms with E-state index in [2.05, 4.69) is 4.99 Å². The fourth-order valence-corrected chi connectivity index (χ4v) is 3.88. The second-order valence-electron chi connectivity index (χ2n) is 5.68. The van der Waals surface area contributed by atoms with E-state index in [-0.39, 0.29) is 5.56 Å². The molecule has 3 aromatic rings. The largest absolute Gasteiger partial charge is 0.489 e. The van der Waals surface area contributed by atoms with Gasteiger partial charge in [0.1, 0.15) is 12.4 Å². The summed E-state index contributed by atoms with van der Waals surface area (Å²) in [6.07, 6.45) is 1.89. The molecule has 0 radical (unpaired) electrons. The number of hydrogen-bond acceptors (Lipinski definition) is 4. The number of halogens is 1. The molecule has 25 heavy (non-hydrogen) atoms. The van der Waals surface area contributed by atoms with Crippen LogP contribution in [0.1, 0.15) is 11.1 Å². The Morgan fingerprint density at radius 1 is 1.20 bits per heavy atom. The highest BCUT2D eigenvalue weighted by Crippen LogP contribution is 2.19. The zero-order valence-corrected chi connectivity index (χ0v) is 14.9. The molecule has 2 heterocycles. The molecular weight excluding hydrogens is 356 g/mol. The van der Waals surface area contributed by atoms with Gasteiger partial charge in [0.15, 0.2) is 4.80 Å². The molecule has 2 aromatic carbocycles. The molecule has 4 nitrogen and oxygen atoms in total. The summed E-state index contributed by atoms with van der Waals surface area (Å²) in [6.45, 7) is 1.81. The summed E-state index contributed by atoms with van der Waals surface area (Å²) >= 11 is 7.57. The van der Waals surface area contributed by atoms with Crippen LogP contribution in [0, 0.1) is 0 Å². The van der Waals surface area contributed by atoms with Gasteiger partial charge in [-0.15, -0.1) is 0 Å². The van der Waals surface area contributed by atoms with E-state index in [4.69, 9.17) is 16.3 Å². The lowest BCUT2D eigenvalue weighted by Gasteiger charge is -2.07. The van der Waals surface area contributed by atoms with Crippen LogP contribution in [-0.2, 0) is 13.2 Å². The molecule has 126 valence electrons. The second-order valence-corrected chi connectivity index (χ2v) is 7.10. The molecule has 0 amide bonds. The highest BCUT2D eigenvalue weighted by atomic mass is 35.5. The highest BCUT2D eigenvalue weighted by Gasteiger charge is 2.09. The van der Waals surface area contributed by atoms with Crippen molar-refractivity contribution in [1.82, 2.24) is 4.57 Å². The Hall–Kier alpha value is -2.37. The summed E-state index contributed by atoms with van der Waals surface area (Å²) in [6, 6.07) is 15.3. The third kappa shape index (κ3) is 3.38. The summed E-state index contributed by atoms with van der Waals surface area (Å²) in [5.74, 6) is 0.762. The molecular formula is C19H15ClN2O2S. The Morgan fingerprint density at radius 2 is 2.00 bits per heavy atom. The Balaban J connectivity index is 1.52. The van der Waals surface area contributed by atoms with Crippen LogP contribution in [0.4, 0.5) is 0 Å². The van der Waals surface area contributed by atoms with Crippen LogP contribution < -0.4 is 19.6 Å². The van der Waals surface area contributed by atoms with Crippen molar-refractivity contribution in [3.8, 4) is 5.75 Å². The Labute approximate surface area is 153 Å². The quantitative estimate of drug-likeness (QED) is 0.708. The van der Waals surface area contributed by atoms with E-state index in [1.165, 1.54) is 11.3 Å². The summed E-state index contributed by atoms with van der Waals surface area (Å²) in [5.41, 5.74) is 1.95.